The van der Waals surface area contributed by atoms with Crippen molar-refractivity contribution in [3.05, 3.63) is 29.8 Å². The minimum Gasteiger partial charge on any atom is -0.452 e. The van der Waals surface area contributed by atoms with Gasteiger partial charge in [0, 0.05) is 11.7 Å². The van der Waals surface area contributed by atoms with E-state index in [-0.39, 0.29) is 0 Å². The number of carbonyl (C=O) groups excluding carboxylic acids is 1. The Labute approximate surface area is 106 Å². The van der Waals surface area contributed by atoms with E-state index >= 15 is 0 Å². The predicted molar refractivity (Wildman–Crippen MR) is 66.9 cm³/mol. The number of nitrogens with one attached hydrogen (secondary N) is 2. The molecule has 1 atom stereocenters. The van der Waals surface area contributed by atoms with Crippen LogP contribution in [0.15, 0.2) is 24.3 Å². The summed E-state index contributed by atoms with van der Waals surface area (Å²) in [5, 5.41) is 0. The molecule has 1 unspecified atom stereocenters. The molecule has 0 spiro atoms. The molecule has 0 saturated heterocycles. The molecule has 0 aliphatic rings. The quantitative estimate of drug-likeness (QED) is 0.693. The summed E-state index contributed by atoms with van der Waals surface area (Å²) in [6.07, 6.45) is -1.05. The van der Waals surface area contributed by atoms with E-state index in [4.69, 9.17) is 5.73 Å². The van der Waals surface area contributed by atoms with E-state index in [9.17, 15) is 13.2 Å². The molecule has 0 fully saturated rings. The Morgan fingerprint density at radius 1 is 1.44 bits per heavy atom. The number of anilines is 1. The van der Waals surface area contributed by atoms with E-state index in [1.807, 2.05) is 0 Å². The largest absolute Gasteiger partial charge is 0.452 e. The highest BCUT2D eigenvalue weighted by Crippen LogP contribution is 2.15. The van der Waals surface area contributed by atoms with Crippen molar-refractivity contribution in [1.29, 1.82) is 0 Å². The number of methoxy groups -OCH3 is 1. The SMILES string of the molecule is COC(=O)NS(=O)(=O)NC(C)c1cccc(N)c1. The number of nitrogens with two attached hydrogens (primary N) is 1. The summed E-state index contributed by atoms with van der Waals surface area (Å²) in [6.45, 7) is 1.63. The lowest BCUT2D eigenvalue weighted by Gasteiger charge is -2.15. The first kappa shape index (κ1) is 14.3. The van der Waals surface area contributed by atoms with Gasteiger partial charge in [0.15, 0.2) is 0 Å². The molecule has 0 aliphatic carbocycles. The number of amides is 1. The lowest BCUT2D eigenvalue weighted by Crippen LogP contribution is -2.41. The molecule has 7 nitrogen and oxygen atoms in total. The molecule has 0 aromatic heterocycles. The molecule has 0 radical (unpaired) electrons. The topological polar surface area (TPSA) is 111 Å². The minimum atomic E-state index is -3.97. The molecule has 18 heavy (non-hydrogen) atoms. The van der Waals surface area contributed by atoms with Crippen LogP contribution >= 0.6 is 0 Å². The van der Waals surface area contributed by atoms with Crippen molar-refractivity contribution in [2.45, 2.75) is 13.0 Å². The van der Waals surface area contributed by atoms with Crippen molar-refractivity contribution in [2.24, 2.45) is 0 Å². The summed E-state index contributed by atoms with van der Waals surface area (Å²) >= 11 is 0. The first-order chi connectivity index (χ1) is 8.34. The Bertz CT molecular complexity index is 530. The third-order valence-corrected chi connectivity index (χ3v) is 3.24. The van der Waals surface area contributed by atoms with Gasteiger partial charge in [-0.1, -0.05) is 12.1 Å². The molecule has 0 bridgehead atoms. The second kappa shape index (κ2) is 5.69. The van der Waals surface area contributed by atoms with Crippen LogP contribution in [0.3, 0.4) is 0 Å². The van der Waals surface area contributed by atoms with Crippen LogP contribution in [-0.2, 0) is 14.9 Å². The number of benzene rings is 1. The molecule has 8 heteroatoms. The van der Waals surface area contributed by atoms with Crippen LogP contribution in [0.5, 0.6) is 0 Å². The molecule has 0 saturated carbocycles. The van der Waals surface area contributed by atoms with Gasteiger partial charge in [-0.25, -0.2) is 9.52 Å². The van der Waals surface area contributed by atoms with E-state index in [2.05, 4.69) is 9.46 Å². The van der Waals surface area contributed by atoms with E-state index in [0.717, 1.165) is 7.11 Å². The van der Waals surface area contributed by atoms with Crippen molar-refractivity contribution < 1.29 is 17.9 Å². The van der Waals surface area contributed by atoms with Crippen LogP contribution in [0, 0.1) is 0 Å². The van der Waals surface area contributed by atoms with Crippen molar-refractivity contribution in [3.63, 3.8) is 0 Å². The second-order valence-corrected chi connectivity index (χ2v) is 5.05. The number of hydrogen-bond donors (Lipinski definition) is 3. The third kappa shape index (κ3) is 4.22. The maximum Gasteiger partial charge on any atom is 0.421 e. The smallest absolute Gasteiger partial charge is 0.421 e. The molecule has 1 rings (SSSR count). The summed E-state index contributed by atoms with van der Waals surface area (Å²) in [5.41, 5.74) is 6.81. The van der Waals surface area contributed by atoms with Gasteiger partial charge in [0.05, 0.1) is 7.11 Å². The van der Waals surface area contributed by atoms with E-state index < -0.39 is 22.3 Å². The second-order valence-electron chi connectivity index (χ2n) is 3.61. The van der Waals surface area contributed by atoms with Crippen LogP contribution in [0.25, 0.3) is 0 Å². The molecule has 0 aliphatic heterocycles. The molecule has 100 valence electrons. The van der Waals surface area contributed by atoms with Gasteiger partial charge < -0.3 is 10.5 Å². The predicted octanol–water partition coefficient (Wildman–Crippen LogP) is 0.520. The van der Waals surface area contributed by atoms with Gasteiger partial charge in [-0.2, -0.15) is 13.1 Å². The monoisotopic (exact) mass is 273 g/mol. The van der Waals surface area contributed by atoms with Crippen LogP contribution in [0.4, 0.5) is 10.5 Å². The summed E-state index contributed by atoms with van der Waals surface area (Å²) in [7, 11) is -2.89. The zero-order valence-corrected chi connectivity index (χ0v) is 10.8. The normalized spacial score (nSPS) is 12.8. The average Bonchev–Trinajstić information content (AvgIpc) is 2.27. The molecular formula is C10H15N3O4S. The Morgan fingerprint density at radius 2 is 2.11 bits per heavy atom. The van der Waals surface area contributed by atoms with E-state index in [1.54, 1.807) is 35.9 Å². The summed E-state index contributed by atoms with van der Waals surface area (Å²) < 4.78 is 31.2. The highest BCUT2D eigenvalue weighted by molar-refractivity contribution is 7.88. The number of hydrogen-bond acceptors (Lipinski definition) is 5. The molecule has 0 heterocycles. The Balaban J connectivity index is 2.75. The van der Waals surface area contributed by atoms with Gasteiger partial charge in [-0.3, -0.25) is 0 Å². The lowest BCUT2D eigenvalue weighted by atomic mass is 10.1. The van der Waals surface area contributed by atoms with Crippen LogP contribution in [-0.4, -0.2) is 21.6 Å². The van der Waals surface area contributed by atoms with Crippen LogP contribution in [0.1, 0.15) is 18.5 Å². The van der Waals surface area contributed by atoms with Crippen molar-refractivity contribution >= 4 is 22.0 Å². The summed E-state index contributed by atoms with van der Waals surface area (Å²) in [5.74, 6) is 0. The number of carbonyl (C=O) groups is 1. The van der Waals surface area contributed by atoms with Crippen LogP contribution in [0.2, 0.25) is 0 Å². The molecule has 1 amide bonds. The maximum absolute atomic E-state index is 11.5. The van der Waals surface area contributed by atoms with Crippen molar-refractivity contribution in [1.82, 2.24) is 9.44 Å². The number of nitrogen functional groups attached to an aromatic ring is 1. The molecule has 1 aromatic rings. The fourth-order valence-electron chi connectivity index (χ4n) is 1.31. The minimum absolute atomic E-state index is 0.527. The molecule has 1 aromatic carbocycles. The molecule has 4 N–H and O–H groups in total. The Morgan fingerprint density at radius 3 is 2.67 bits per heavy atom. The van der Waals surface area contributed by atoms with Crippen molar-refractivity contribution in [3.8, 4) is 0 Å². The maximum atomic E-state index is 11.5. The van der Waals surface area contributed by atoms with Crippen molar-refractivity contribution in [2.75, 3.05) is 12.8 Å². The summed E-state index contributed by atoms with van der Waals surface area (Å²) in [6, 6.07) is 6.24. The fraction of sp³-hybridized carbons (Fsp3) is 0.300. The van der Waals surface area contributed by atoms with Gasteiger partial charge >= 0.3 is 16.3 Å². The fourth-order valence-corrected chi connectivity index (χ4v) is 2.27. The standard InChI is InChI=1S/C10H15N3O4S/c1-7(8-4-3-5-9(11)6-8)12-18(15,16)13-10(14)17-2/h3-7,12H,11H2,1-2H3,(H,13,14). The first-order valence-corrected chi connectivity index (χ1v) is 6.56. The van der Waals surface area contributed by atoms with Gasteiger partial charge in [0.1, 0.15) is 0 Å². The zero-order chi connectivity index (χ0) is 13.8. The summed E-state index contributed by atoms with van der Waals surface area (Å²) in [4.78, 5) is 10.8. The average molecular weight is 273 g/mol. The first-order valence-electron chi connectivity index (χ1n) is 5.07. The Kier molecular flexibility index (Phi) is 4.51. The Hall–Kier alpha value is -1.80. The van der Waals surface area contributed by atoms with Crippen LogP contribution < -0.4 is 15.2 Å². The highest BCUT2D eigenvalue weighted by Gasteiger charge is 2.18. The number of ether oxygens (including phenoxy) is 1. The van der Waals surface area contributed by atoms with Gasteiger partial charge in [-0.15, -0.1) is 0 Å². The van der Waals surface area contributed by atoms with Gasteiger partial charge in [-0.05, 0) is 24.6 Å². The highest BCUT2D eigenvalue weighted by atomic mass is 32.2. The number of rotatable bonds is 4. The third-order valence-electron chi connectivity index (χ3n) is 2.15. The van der Waals surface area contributed by atoms with E-state index in [0.29, 0.717) is 11.3 Å². The zero-order valence-electron chi connectivity index (χ0n) is 10.0. The van der Waals surface area contributed by atoms with E-state index in [1.165, 1.54) is 0 Å². The lowest BCUT2D eigenvalue weighted by molar-refractivity contribution is 0.177. The van der Waals surface area contributed by atoms with Gasteiger partial charge in [0.2, 0.25) is 0 Å². The van der Waals surface area contributed by atoms with Gasteiger partial charge in [0.25, 0.3) is 0 Å². The molecular weight excluding hydrogens is 258 g/mol.